The number of amides is 1. The Morgan fingerprint density at radius 1 is 1.02 bits per heavy atom. The highest BCUT2D eigenvalue weighted by atomic mass is 19.1. The van der Waals surface area contributed by atoms with Gasteiger partial charge in [0.2, 0.25) is 11.9 Å². The maximum atomic E-state index is 15.0. The molecule has 41 heavy (non-hydrogen) atoms. The number of fused-ring (bicyclic) bond motifs is 1. The minimum Gasteiger partial charge on any atom is -0.358 e. The van der Waals surface area contributed by atoms with E-state index in [4.69, 9.17) is 0 Å². The number of hydrogen-bond acceptors (Lipinski definition) is 8. The zero-order valence-corrected chi connectivity index (χ0v) is 23.9. The minimum absolute atomic E-state index is 0.0417. The molecule has 1 aliphatic heterocycles. The number of nitrogens with one attached hydrogen (secondary N) is 2. The predicted molar refractivity (Wildman–Crippen MR) is 154 cm³/mol. The van der Waals surface area contributed by atoms with Crippen molar-refractivity contribution in [1.82, 2.24) is 39.6 Å². The van der Waals surface area contributed by atoms with E-state index in [1.54, 1.807) is 25.4 Å². The number of nitrogens with zero attached hydrogens (tertiary/aromatic N) is 7. The Bertz CT molecular complexity index is 1550. The number of benzene rings is 1. The van der Waals surface area contributed by atoms with E-state index in [1.807, 2.05) is 31.4 Å². The third kappa shape index (κ3) is 5.75. The van der Waals surface area contributed by atoms with E-state index in [-0.39, 0.29) is 34.7 Å². The van der Waals surface area contributed by atoms with Crippen LogP contribution in [0.4, 0.5) is 20.5 Å². The number of rotatable bonds is 8. The summed E-state index contributed by atoms with van der Waals surface area (Å²) in [7, 11) is 1.63. The Morgan fingerprint density at radius 2 is 1.78 bits per heavy atom. The fraction of sp³-hybridized carbons (Fsp3) is 0.414. The van der Waals surface area contributed by atoms with Gasteiger partial charge in [-0.3, -0.25) is 9.69 Å². The van der Waals surface area contributed by atoms with E-state index in [0.717, 1.165) is 44.5 Å². The number of likely N-dealkylation sites (N-methyl/N-ethyl adjacent to an activating group) is 2. The largest absolute Gasteiger partial charge is 0.358 e. The number of imidazole rings is 1. The Hall–Kier alpha value is -4.03. The van der Waals surface area contributed by atoms with Crippen LogP contribution in [0.3, 0.4) is 0 Å². The first kappa shape index (κ1) is 28.5. The maximum Gasteiger partial charge on any atom is 0.241 e. The number of anilines is 2. The van der Waals surface area contributed by atoms with Crippen LogP contribution in [0.25, 0.3) is 22.3 Å². The number of carbonyl (C=O) groups excluding carboxylic acids is 1. The van der Waals surface area contributed by atoms with Gasteiger partial charge >= 0.3 is 0 Å². The molecule has 4 heterocycles. The second-order valence-corrected chi connectivity index (χ2v) is 10.4. The van der Waals surface area contributed by atoms with Gasteiger partial charge in [0.25, 0.3) is 0 Å². The summed E-state index contributed by atoms with van der Waals surface area (Å²) in [6.45, 7) is 12.3. The summed E-state index contributed by atoms with van der Waals surface area (Å²) in [5.74, 6) is -0.120. The van der Waals surface area contributed by atoms with Gasteiger partial charge in [0, 0.05) is 51.0 Å². The van der Waals surface area contributed by atoms with Crippen LogP contribution in [0, 0.1) is 18.6 Å². The smallest absolute Gasteiger partial charge is 0.241 e. The van der Waals surface area contributed by atoms with Crippen molar-refractivity contribution in [3.8, 4) is 11.3 Å². The lowest BCUT2D eigenvalue weighted by Crippen LogP contribution is -2.50. The first-order valence-electron chi connectivity index (χ1n) is 13.8. The van der Waals surface area contributed by atoms with Gasteiger partial charge in [-0.15, -0.1) is 0 Å². The third-order valence-electron chi connectivity index (χ3n) is 7.51. The fourth-order valence-electron chi connectivity index (χ4n) is 5.45. The standard InChI is InChI=1S/C29H35F2N9O/c1-6-38-9-11-39(12-10-38)27(28(41)32-5)19-7-8-24(33-15-19)36-29-34-16-22(31)25(37-29)20-13-21(30)26-23(14-20)40(17(2)3)18(4)35-26/h7-8,13-17,27H,6,9-12H2,1-5H3,(H,32,41)(H,33,34,36,37)/t27-/m0/s1. The molecule has 5 rings (SSSR count). The molecule has 3 aromatic heterocycles. The lowest BCUT2D eigenvalue weighted by molar-refractivity contribution is -0.127. The summed E-state index contributed by atoms with van der Waals surface area (Å²) < 4.78 is 31.8. The molecule has 1 saturated heterocycles. The number of aryl methyl sites for hydroxylation is 1. The van der Waals surface area contributed by atoms with Crippen molar-refractivity contribution in [3.05, 3.63) is 59.7 Å². The lowest BCUT2D eigenvalue weighted by atomic mass is 10.1. The number of halogens is 2. The highest BCUT2D eigenvalue weighted by molar-refractivity contribution is 5.84. The van der Waals surface area contributed by atoms with E-state index in [0.29, 0.717) is 17.2 Å². The summed E-state index contributed by atoms with van der Waals surface area (Å²) >= 11 is 0. The van der Waals surface area contributed by atoms with E-state index in [9.17, 15) is 9.18 Å². The molecule has 1 amide bonds. The zero-order valence-electron chi connectivity index (χ0n) is 23.9. The van der Waals surface area contributed by atoms with Gasteiger partial charge in [-0.05, 0) is 51.1 Å². The number of carbonyl (C=O) groups is 1. The molecule has 4 aromatic rings. The van der Waals surface area contributed by atoms with Gasteiger partial charge in [0.05, 0.1) is 11.7 Å². The molecule has 0 unspecified atom stereocenters. The summed E-state index contributed by atoms with van der Waals surface area (Å²) in [6, 6.07) is 6.09. The molecule has 0 saturated carbocycles. The number of pyridine rings is 1. The third-order valence-corrected chi connectivity index (χ3v) is 7.51. The highest BCUT2D eigenvalue weighted by Crippen LogP contribution is 2.31. The van der Waals surface area contributed by atoms with Crippen LogP contribution >= 0.6 is 0 Å². The zero-order chi connectivity index (χ0) is 29.3. The molecule has 2 N–H and O–H groups in total. The molecule has 1 atom stereocenters. The summed E-state index contributed by atoms with van der Waals surface area (Å²) in [4.78, 5) is 34.5. The number of aromatic nitrogens is 5. The van der Waals surface area contributed by atoms with Gasteiger partial charge in [-0.1, -0.05) is 13.0 Å². The monoisotopic (exact) mass is 563 g/mol. The van der Waals surface area contributed by atoms with Crippen molar-refractivity contribution in [2.75, 3.05) is 45.1 Å². The highest BCUT2D eigenvalue weighted by Gasteiger charge is 2.30. The number of piperazine rings is 1. The van der Waals surface area contributed by atoms with Crippen molar-refractivity contribution in [3.63, 3.8) is 0 Å². The van der Waals surface area contributed by atoms with Crippen LogP contribution in [0.1, 0.15) is 44.2 Å². The van der Waals surface area contributed by atoms with Crippen LogP contribution < -0.4 is 10.6 Å². The summed E-state index contributed by atoms with van der Waals surface area (Å²) in [5, 5.41) is 5.77. The summed E-state index contributed by atoms with van der Waals surface area (Å²) in [5.41, 5.74) is 1.81. The molecule has 1 aliphatic rings. The Kier molecular flexibility index (Phi) is 8.22. The van der Waals surface area contributed by atoms with Crippen LogP contribution in [0.5, 0.6) is 0 Å². The molecule has 0 radical (unpaired) electrons. The van der Waals surface area contributed by atoms with Gasteiger partial charge in [0.15, 0.2) is 11.6 Å². The van der Waals surface area contributed by atoms with Gasteiger partial charge in [-0.25, -0.2) is 28.7 Å². The normalized spacial score (nSPS) is 15.4. The molecule has 1 fully saturated rings. The summed E-state index contributed by atoms with van der Waals surface area (Å²) in [6.07, 6.45) is 2.70. The lowest BCUT2D eigenvalue weighted by Gasteiger charge is -2.38. The fourth-order valence-corrected chi connectivity index (χ4v) is 5.45. The SMILES string of the molecule is CCN1CCN([C@H](C(=O)NC)c2ccc(Nc3ncc(F)c(-c4cc(F)c5nc(C)n(C(C)C)c5c4)n3)nc2)CC1. The maximum absolute atomic E-state index is 15.0. The molecule has 1 aromatic carbocycles. The first-order valence-corrected chi connectivity index (χ1v) is 13.8. The van der Waals surface area contributed by atoms with Crippen LogP contribution in [0.2, 0.25) is 0 Å². The average molecular weight is 564 g/mol. The van der Waals surface area contributed by atoms with Crippen molar-refractivity contribution in [2.45, 2.75) is 39.8 Å². The topological polar surface area (TPSA) is 104 Å². The molecule has 0 spiro atoms. The van der Waals surface area contributed by atoms with E-state index in [1.165, 1.54) is 6.07 Å². The number of hydrogen-bond donors (Lipinski definition) is 2. The van der Waals surface area contributed by atoms with Gasteiger partial charge in [-0.2, -0.15) is 0 Å². The van der Waals surface area contributed by atoms with E-state index < -0.39 is 17.7 Å². The molecule has 10 nitrogen and oxygen atoms in total. The van der Waals surface area contributed by atoms with Crippen molar-refractivity contribution >= 4 is 28.7 Å². The van der Waals surface area contributed by atoms with Crippen molar-refractivity contribution in [1.29, 1.82) is 0 Å². The molecule has 216 valence electrons. The average Bonchev–Trinajstić information content (AvgIpc) is 3.32. The molecular formula is C29H35F2N9O. The second-order valence-electron chi connectivity index (χ2n) is 10.4. The predicted octanol–water partition coefficient (Wildman–Crippen LogP) is 4.22. The Labute approximate surface area is 237 Å². The molecular weight excluding hydrogens is 528 g/mol. The molecule has 0 aliphatic carbocycles. The van der Waals surface area contributed by atoms with Gasteiger partial charge < -0.3 is 20.1 Å². The van der Waals surface area contributed by atoms with Crippen molar-refractivity contribution in [2.24, 2.45) is 0 Å². The second kappa shape index (κ2) is 11.8. The molecule has 0 bridgehead atoms. The van der Waals surface area contributed by atoms with Gasteiger partial charge in [0.1, 0.15) is 28.9 Å². The quantitative estimate of drug-likeness (QED) is 0.329. The van der Waals surface area contributed by atoms with Crippen molar-refractivity contribution < 1.29 is 13.6 Å². The van der Waals surface area contributed by atoms with Crippen LogP contribution in [0.15, 0.2) is 36.7 Å². The molecule has 12 heteroatoms. The minimum atomic E-state index is -0.679. The first-order chi connectivity index (χ1) is 19.7. The van der Waals surface area contributed by atoms with E-state index in [2.05, 4.69) is 47.3 Å². The Morgan fingerprint density at radius 3 is 2.41 bits per heavy atom. The van der Waals surface area contributed by atoms with Crippen LogP contribution in [-0.2, 0) is 4.79 Å². The van der Waals surface area contributed by atoms with Crippen LogP contribution in [-0.4, -0.2) is 80.0 Å². The van der Waals surface area contributed by atoms with E-state index >= 15 is 4.39 Å². The Balaban J connectivity index is 1.40.